The molecule has 122 valence electrons. The predicted octanol–water partition coefficient (Wildman–Crippen LogP) is 2.28. The van der Waals surface area contributed by atoms with E-state index in [9.17, 15) is 14.7 Å². The first kappa shape index (κ1) is 16.8. The monoisotopic (exact) mass is 316 g/mol. The van der Waals surface area contributed by atoms with Crippen LogP contribution in [0.5, 0.6) is 5.75 Å². The Morgan fingerprint density at radius 2 is 2.17 bits per heavy atom. The van der Waals surface area contributed by atoms with E-state index >= 15 is 0 Å². The highest BCUT2D eigenvalue weighted by molar-refractivity contribution is 5.99. The summed E-state index contributed by atoms with van der Waals surface area (Å²) in [7, 11) is 0. The van der Waals surface area contributed by atoms with Gasteiger partial charge in [0, 0.05) is 0 Å². The molecule has 0 aromatic heterocycles. The van der Waals surface area contributed by atoms with Crippen molar-refractivity contribution < 1.29 is 19.4 Å². The van der Waals surface area contributed by atoms with Gasteiger partial charge in [0.05, 0.1) is 23.7 Å². The van der Waals surface area contributed by atoms with Crippen molar-refractivity contribution in [2.45, 2.75) is 33.2 Å². The number of aliphatic carboxylic acids is 1. The topological polar surface area (TPSA) is 90.6 Å². The minimum absolute atomic E-state index is 0.196. The van der Waals surface area contributed by atoms with Crippen LogP contribution in [-0.2, 0) is 4.79 Å². The van der Waals surface area contributed by atoms with Crippen LogP contribution in [0.1, 0.15) is 43.1 Å². The maximum Gasteiger partial charge on any atom is 0.326 e. The lowest BCUT2D eigenvalue weighted by Gasteiger charge is -2.31. The number of carboxylic acid groups (broad SMARTS) is 1. The minimum atomic E-state index is -1.02. The quantitative estimate of drug-likeness (QED) is 0.924. The van der Waals surface area contributed by atoms with E-state index in [0.29, 0.717) is 23.3 Å². The lowest BCUT2D eigenvalue weighted by atomic mass is 9.87. The molecule has 1 aromatic rings. The van der Waals surface area contributed by atoms with Crippen LogP contribution in [0.15, 0.2) is 18.2 Å². The second-order valence-corrected chi connectivity index (χ2v) is 6.79. The summed E-state index contributed by atoms with van der Waals surface area (Å²) in [5.41, 5.74) is 0.459. The molecule has 1 amide bonds. The molecule has 0 aliphatic carbocycles. The Morgan fingerprint density at radius 1 is 1.48 bits per heavy atom. The number of rotatable bonds is 3. The first-order chi connectivity index (χ1) is 10.7. The van der Waals surface area contributed by atoms with Gasteiger partial charge in [0.15, 0.2) is 0 Å². The summed E-state index contributed by atoms with van der Waals surface area (Å²) in [5, 5.41) is 18.5. The van der Waals surface area contributed by atoms with Crippen molar-refractivity contribution in [3.05, 3.63) is 29.3 Å². The molecule has 0 saturated heterocycles. The standard InChI is InChI=1S/C17H20N2O4/c1-17(2,3)9-13(16(21)22)19-6-7-23-14-8-11(10-18)4-5-12(14)15(19)20/h4-5,8,13H,6-7,9H2,1-3H3,(H,21,22). The van der Waals surface area contributed by atoms with E-state index in [1.807, 2.05) is 26.8 Å². The molecular weight excluding hydrogens is 296 g/mol. The summed E-state index contributed by atoms with van der Waals surface area (Å²) < 4.78 is 5.55. The Morgan fingerprint density at radius 3 is 2.74 bits per heavy atom. The van der Waals surface area contributed by atoms with Crippen LogP contribution in [0.25, 0.3) is 0 Å². The van der Waals surface area contributed by atoms with E-state index < -0.39 is 12.0 Å². The molecule has 0 fully saturated rings. The summed E-state index contributed by atoms with van der Waals surface area (Å²) in [6, 6.07) is 5.65. The number of carboxylic acids is 1. The zero-order valence-electron chi connectivity index (χ0n) is 13.5. The summed E-state index contributed by atoms with van der Waals surface area (Å²) in [5.74, 6) is -1.07. The molecule has 0 bridgehead atoms. The summed E-state index contributed by atoms with van der Waals surface area (Å²) in [6.07, 6.45) is 0.347. The average molecular weight is 316 g/mol. The summed E-state index contributed by atoms with van der Waals surface area (Å²) in [6.45, 7) is 6.21. The van der Waals surface area contributed by atoms with E-state index in [-0.39, 0.29) is 24.5 Å². The van der Waals surface area contributed by atoms with Gasteiger partial charge in [-0.1, -0.05) is 20.8 Å². The zero-order valence-corrected chi connectivity index (χ0v) is 13.5. The molecule has 6 nitrogen and oxygen atoms in total. The summed E-state index contributed by atoms with van der Waals surface area (Å²) >= 11 is 0. The van der Waals surface area contributed by atoms with Crippen LogP contribution in [0.3, 0.4) is 0 Å². The fourth-order valence-electron chi connectivity index (χ4n) is 2.61. The number of benzene rings is 1. The predicted molar refractivity (Wildman–Crippen MR) is 83.2 cm³/mol. The molecule has 0 radical (unpaired) electrons. The molecule has 23 heavy (non-hydrogen) atoms. The number of amides is 1. The molecule has 1 heterocycles. The third-order valence-corrected chi connectivity index (χ3v) is 3.66. The number of nitriles is 1. The Bertz CT molecular complexity index is 670. The van der Waals surface area contributed by atoms with Gasteiger partial charge in [-0.25, -0.2) is 4.79 Å². The highest BCUT2D eigenvalue weighted by Crippen LogP contribution is 2.29. The van der Waals surface area contributed by atoms with Crippen molar-refractivity contribution in [1.82, 2.24) is 4.90 Å². The van der Waals surface area contributed by atoms with Crippen molar-refractivity contribution >= 4 is 11.9 Å². The first-order valence-electron chi connectivity index (χ1n) is 7.43. The van der Waals surface area contributed by atoms with E-state index in [4.69, 9.17) is 10.00 Å². The SMILES string of the molecule is CC(C)(C)CC(C(=O)O)N1CCOc2cc(C#N)ccc2C1=O. The highest BCUT2D eigenvalue weighted by atomic mass is 16.5. The fourth-order valence-corrected chi connectivity index (χ4v) is 2.61. The Labute approximate surface area is 135 Å². The van der Waals surface area contributed by atoms with Gasteiger partial charge in [-0.15, -0.1) is 0 Å². The van der Waals surface area contributed by atoms with Crippen LogP contribution < -0.4 is 4.74 Å². The van der Waals surface area contributed by atoms with Gasteiger partial charge >= 0.3 is 5.97 Å². The van der Waals surface area contributed by atoms with Crippen LogP contribution in [-0.4, -0.2) is 41.1 Å². The highest BCUT2D eigenvalue weighted by Gasteiger charge is 2.35. The molecule has 6 heteroatoms. The number of ether oxygens (including phenoxy) is 1. The number of fused-ring (bicyclic) bond motifs is 1. The zero-order chi connectivity index (χ0) is 17.2. The number of hydrogen-bond donors (Lipinski definition) is 1. The molecule has 0 saturated carbocycles. The van der Waals surface area contributed by atoms with Crippen LogP contribution >= 0.6 is 0 Å². The molecule has 1 aromatic carbocycles. The molecule has 1 aliphatic rings. The second-order valence-electron chi connectivity index (χ2n) is 6.79. The van der Waals surface area contributed by atoms with Crippen LogP contribution in [0, 0.1) is 16.7 Å². The average Bonchev–Trinajstić information content (AvgIpc) is 2.62. The van der Waals surface area contributed by atoms with E-state index in [1.165, 1.54) is 23.1 Å². The van der Waals surface area contributed by atoms with Gasteiger partial charge in [0.2, 0.25) is 0 Å². The second kappa shape index (κ2) is 6.29. The van der Waals surface area contributed by atoms with Gasteiger partial charge in [0.25, 0.3) is 5.91 Å². The van der Waals surface area contributed by atoms with Crippen molar-refractivity contribution in [2.24, 2.45) is 5.41 Å². The molecule has 1 atom stereocenters. The third kappa shape index (κ3) is 3.81. The molecule has 1 N–H and O–H groups in total. The number of carbonyl (C=O) groups is 2. The van der Waals surface area contributed by atoms with Crippen molar-refractivity contribution in [3.8, 4) is 11.8 Å². The molecule has 1 unspecified atom stereocenters. The van der Waals surface area contributed by atoms with Gasteiger partial charge in [0.1, 0.15) is 18.4 Å². The Balaban J connectivity index is 2.38. The first-order valence-corrected chi connectivity index (χ1v) is 7.43. The number of nitrogens with zero attached hydrogens (tertiary/aromatic N) is 2. The van der Waals surface area contributed by atoms with Crippen molar-refractivity contribution in [1.29, 1.82) is 5.26 Å². The van der Waals surface area contributed by atoms with E-state index in [0.717, 1.165) is 0 Å². The van der Waals surface area contributed by atoms with Crippen LogP contribution in [0.4, 0.5) is 0 Å². The maximum absolute atomic E-state index is 12.8. The van der Waals surface area contributed by atoms with Crippen LogP contribution in [0.2, 0.25) is 0 Å². The van der Waals surface area contributed by atoms with E-state index in [1.54, 1.807) is 0 Å². The van der Waals surface area contributed by atoms with Crippen molar-refractivity contribution in [2.75, 3.05) is 13.2 Å². The Hall–Kier alpha value is -2.55. The largest absolute Gasteiger partial charge is 0.491 e. The molecular formula is C17H20N2O4. The number of hydrogen-bond acceptors (Lipinski definition) is 4. The smallest absolute Gasteiger partial charge is 0.326 e. The maximum atomic E-state index is 12.8. The lowest BCUT2D eigenvalue weighted by Crippen LogP contribution is -2.47. The van der Waals surface area contributed by atoms with Gasteiger partial charge in [-0.2, -0.15) is 5.26 Å². The van der Waals surface area contributed by atoms with Crippen molar-refractivity contribution in [3.63, 3.8) is 0 Å². The van der Waals surface area contributed by atoms with Gasteiger partial charge in [-0.05, 0) is 30.0 Å². The lowest BCUT2D eigenvalue weighted by molar-refractivity contribution is -0.143. The minimum Gasteiger partial charge on any atom is -0.491 e. The number of carbonyl (C=O) groups excluding carboxylic acids is 1. The normalized spacial score (nSPS) is 15.9. The Kier molecular flexibility index (Phi) is 4.60. The fraction of sp³-hybridized carbons (Fsp3) is 0.471. The molecule has 2 rings (SSSR count). The summed E-state index contributed by atoms with van der Waals surface area (Å²) in [4.78, 5) is 25.8. The van der Waals surface area contributed by atoms with Gasteiger partial charge < -0.3 is 14.7 Å². The molecule has 1 aliphatic heterocycles. The molecule has 0 spiro atoms. The van der Waals surface area contributed by atoms with E-state index in [2.05, 4.69) is 0 Å². The third-order valence-electron chi connectivity index (χ3n) is 3.66. The van der Waals surface area contributed by atoms with Gasteiger partial charge in [-0.3, -0.25) is 4.79 Å².